The summed E-state index contributed by atoms with van der Waals surface area (Å²) in [7, 11) is -1.04. The standard InChI is InChI=1S/C20H21.C10H12OSi.2ClH.Zr/c1-14-12-16-6-5-7-18(19(16)13-14)15-8-10-17(11-9-15)20(2,3)4;1-6-9-7-4-11-5-8(7)10(6)12(9,2)3;;;/h5-13H,1-4H3;4-5,9H,1-3H3;2*1H;/q;;;;+2/p-2. The van der Waals surface area contributed by atoms with Crippen LogP contribution in [0, 0.1) is 0 Å². The maximum Gasteiger partial charge on any atom is -1.00 e. The van der Waals surface area contributed by atoms with Crippen LogP contribution in [0.5, 0.6) is 0 Å². The van der Waals surface area contributed by atoms with E-state index in [1.54, 1.807) is 35.5 Å². The van der Waals surface area contributed by atoms with E-state index in [1.807, 2.05) is 12.5 Å². The minimum atomic E-state index is -1.04. The van der Waals surface area contributed by atoms with Crippen LogP contribution in [0.2, 0.25) is 13.1 Å². The van der Waals surface area contributed by atoms with Gasteiger partial charge in [-0.2, -0.15) is 0 Å². The third-order valence-electron chi connectivity index (χ3n) is 7.81. The normalized spacial score (nSPS) is 20.4. The second-order valence-corrected chi connectivity index (χ2v) is 17.4. The molecule has 2 aromatic carbocycles. The van der Waals surface area contributed by atoms with E-state index < -0.39 is 8.07 Å². The van der Waals surface area contributed by atoms with Gasteiger partial charge in [-0.05, 0) is 12.1 Å². The average molecular weight is 600 g/mol. The molecule has 0 fully saturated rings. The molecule has 0 radical (unpaired) electrons. The first-order chi connectivity index (χ1) is 15.5. The maximum absolute atomic E-state index is 5.22. The number of hydrogen-bond donors (Lipinski definition) is 0. The first-order valence-electron chi connectivity index (χ1n) is 11.9. The zero-order chi connectivity index (χ0) is 23.7. The van der Waals surface area contributed by atoms with Crippen LogP contribution in [0.15, 0.2) is 70.6 Å². The fraction of sp³-hybridized carbons (Fsp3) is 0.333. The Labute approximate surface area is 239 Å². The van der Waals surface area contributed by atoms with Crippen molar-refractivity contribution in [3.8, 4) is 11.1 Å². The third kappa shape index (κ3) is 4.56. The average Bonchev–Trinajstić information content (AvgIpc) is 3.45. The molecular formula is C30H33Cl2OSiZr. The van der Waals surface area contributed by atoms with E-state index in [0.717, 1.165) is 5.54 Å². The van der Waals surface area contributed by atoms with E-state index in [0.29, 0.717) is 3.63 Å². The predicted molar refractivity (Wildman–Crippen MR) is 138 cm³/mol. The largest absolute Gasteiger partial charge is 1.00 e. The number of halogens is 2. The molecule has 1 nitrogen and oxygen atoms in total. The summed E-state index contributed by atoms with van der Waals surface area (Å²) in [6, 6.07) is 15.8. The van der Waals surface area contributed by atoms with Crippen molar-refractivity contribution in [2.45, 2.75) is 62.3 Å². The van der Waals surface area contributed by atoms with Crippen molar-refractivity contribution in [1.29, 1.82) is 0 Å². The molecule has 0 spiro atoms. The summed E-state index contributed by atoms with van der Waals surface area (Å²) >= 11 is 1.58. The SMILES string of the molecule is CC1=C2c3cocc3C1[Si]2(C)C.CC1=Cc2c(-c3ccc(C(C)(C)C)cc3)cccc2[CH]1[Zr+2].[Cl-].[Cl-]. The summed E-state index contributed by atoms with van der Waals surface area (Å²) in [5.41, 5.74) is 14.0. The van der Waals surface area contributed by atoms with E-state index >= 15 is 0 Å². The van der Waals surface area contributed by atoms with Crippen LogP contribution >= 0.6 is 0 Å². The van der Waals surface area contributed by atoms with Gasteiger partial charge in [0.05, 0.1) is 20.6 Å². The summed E-state index contributed by atoms with van der Waals surface area (Å²) in [6.45, 7) is 16.2. The van der Waals surface area contributed by atoms with E-state index in [-0.39, 0.29) is 30.2 Å². The van der Waals surface area contributed by atoms with E-state index in [9.17, 15) is 0 Å². The van der Waals surface area contributed by atoms with Crippen molar-refractivity contribution >= 4 is 19.3 Å². The molecule has 181 valence electrons. The molecule has 3 heterocycles. The van der Waals surface area contributed by atoms with Crippen LogP contribution in [-0.4, -0.2) is 8.07 Å². The van der Waals surface area contributed by atoms with E-state index in [1.165, 1.54) is 44.5 Å². The number of fused-ring (bicyclic) bond motifs is 1. The van der Waals surface area contributed by atoms with Gasteiger partial charge >= 0.3 is 143 Å². The van der Waals surface area contributed by atoms with Gasteiger partial charge in [0, 0.05) is 16.7 Å². The van der Waals surface area contributed by atoms with Gasteiger partial charge in [-0.1, -0.05) is 18.7 Å². The molecule has 0 saturated carbocycles. The molecule has 2 unspecified atom stereocenters. The van der Waals surface area contributed by atoms with E-state index in [4.69, 9.17) is 4.42 Å². The van der Waals surface area contributed by atoms with Gasteiger partial charge in [-0.25, -0.2) is 0 Å². The Morgan fingerprint density at radius 3 is 2.09 bits per heavy atom. The molecule has 2 bridgehead atoms. The monoisotopic (exact) mass is 597 g/mol. The summed E-state index contributed by atoms with van der Waals surface area (Å²) in [6.07, 6.45) is 6.25. The predicted octanol–water partition coefficient (Wildman–Crippen LogP) is 2.61. The first-order valence-corrected chi connectivity index (χ1v) is 16.4. The minimum Gasteiger partial charge on any atom is -1.00 e. The number of benzene rings is 2. The first kappa shape index (κ1) is 28.5. The van der Waals surface area contributed by atoms with Crippen LogP contribution in [0.4, 0.5) is 0 Å². The van der Waals surface area contributed by atoms with Crippen LogP contribution in [-0.2, 0) is 30.1 Å². The summed E-state index contributed by atoms with van der Waals surface area (Å²) < 4.78 is 5.86. The third-order valence-corrected chi connectivity index (χ3v) is 13.8. The smallest absolute Gasteiger partial charge is 1.00 e. The molecule has 0 saturated heterocycles. The second kappa shape index (κ2) is 9.97. The molecule has 35 heavy (non-hydrogen) atoms. The van der Waals surface area contributed by atoms with Gasteiger partial charge in [0.1, 0.15) is 0 Å². The van der Waals surface area contributed by atoms with Gasteiger partial charge in [-0.15, -0.1) is 0 Å². The van der Waals surface area contributed by atoms with Crippen LogP contribution in [0.3, 0.4) is 0 Å². The molecule has 3 aromatic rings. The van der Waals surface area contributed by atoms with Crippen LogP contribution in [0.25, 0.3) is 22.4 Å². The molecule has 0 N–H and O–H groups in total. The van der Waals surface area contributed by atoms with Crippen molar-refractivity contribution in [3.63, 3.8) is 0 Å². The number of hydrogen-bond acceptors (Lipinski definition) is 1. The fourth-order valence-corrected chi connectivity index (χ4v) is 11.3. The summed E-state index contributed by atoms with van der Waals surface area (Å²) in [4.78, 5) is 0. The number of furan rings is 1. The molecule has 7 rings (SSSR count). The van der Waals surface area contributed by atoms with Crippen molar-refractivity contribution in [1.82, 2.24) is 0 Å². The molecule has 1 aromatic heterocycles. The topological polar surface area (TPSA) is 13.1 Å². The molecule has 2 aliphatic carbocycles. The van der Waals surface area contributed by atoms with Crippen molar-refractivity contribution in [2.75, 3.05) is 0 Å². The Morgan fingerprint density at radius 1 is 0.857 bits per heavy atom. The summed E-state index contributed by atoms with van der Waals surface area (Å²) in [5, 5.41) is 1.66. The maximum atomic E-state index is 5.22. The summed E-state index contributed by atoms with van der Waals surface area (Å²) in [5.74, 6) is 0. The zero-order valence-corrected chi connectivity index (χ0v) is 26.6. The van der Waals surface area contributed by atoms with Crippen molar-refractivity contribution in [2.24, 2.45) is 0 Å². The quantitative estimate of drug-likeness (QED) is 0.392. The van der Waals surface area contributed by atoms with Gasteiger partial charge in [0.15, 0.2) is 0 Å². The zero-order valence-electron chi connectivity index (χ0n) is 21.6. The minimum absolute atomic E-state index is 0. The van der Waals surface area contributed by atoms with Gasteiger partial charge in [0.2, 0.25) is 0 Å². The molecular weight excluding hydrogens is 567 g/mol. The van der Waals surface area contributed by atoms with E-state index in [2.05, 4.69) is 96.3 Å². The Bertz CT molecular complexity index is 1310. The molecule has 4 aliphatic rings. The Kier molecular flexibility index (Phi) is 8.11. The van der Waals surface area contributed by atoms with Gasteiger partial charge in [-0.3, -0.25) is 0 Å². The molecule has 2 aliphatic heterocycles. The Balaban J connectivity index is 0.000000208. The Morgan fingerprint density at radius 2 is 1.51 bits per heavy atom. The molecule has 5 heteroatoms. The van der Waals surface area contributed by atoms with Gasteiger partial charge < -0.3 is 29.2 Å². The number of allylic oxidation sites excluding steroid dienone is 2. The van der Waals surface area contributed by atoms with Crippen molar-refractivity contribution in [3.05, 3.63) is 94.0 Å². The molecule has 2 atom stereocenters. The molecule has 0 amide bonds. The fourth-order valence-electron chi connectivity index (χ4n) is 6.13. The van der Waals surface area contributed by atoms with Crippen LogP contribution in [0.1, 0.15) is 71.6 Å². The van der Waals surface area contributed by atoms with Gasteiger partial charge in [0.25, 0.3) is 0 Å². The number of rotatable bonds is 1. The van der Waals surface area contributed by atoms with Crippen molar-refractivity contribution < 1.29 is 54.0 Å². The second-order valence-electron chi connectivity index (χ2n) is 11.4. The van der Waals surface area contributed by atoms with Crippen LogP contribution < -0.4 is 24.8 Å². The Hall–Kier alpha value is -1.12.